The van der Waals surface area contributed by atoms with Crippen LogP contribution in [0.1, 0.15) is 22.0 Å². The highest BCUT2D eigenvalue weighted by atomic mass is 32.2. The van der Waals surface area contributed by atoms with Gasteiger partial charge in [-0.25, -0.2) is 4.79 Å². The minimum absolute atomic E-state index is 0.0316. The standard InChI is InChI=1S/C21H18N2O4S2/c24-11-13-1-3-14(4-2-13)12-27-15-5-7-16(8-6-15)29-17-9-10-28-19(17)18-20(25)23-21(26)22-18/h1-10,18,24H,11-12H2,(H2,22,23,25,26). The first-order valence-corrected chi connectivity index (χ1v) is 10.6. The lowest BCUT2D eigenvalue weighted by Gasteiger charge is -2.10. The van der Waals surface area contributed by atoms with E-state index in [-0.39, 0.29) is 12.5 Å². The summed E-state index contributed by atoms with van der Waals surface area (Å²) in [5.41, 5.74) is 1.90. The summed E-state index contributed by atoms with van der Waals surface area (Å²) >= 11 is 2.98. The average molecular weight is 427 g/mol. The Morgan fingerprint density at radius 3 is 2.38 bits per heavy atom. The van der Waals surface area contributed by atoms with Crippen molar-refractivity contribution in [2.45, 2.75) is 29.0 Å². The van der Waals surface area contributed by atoms with Crippen LogP contribution in [0.15, 0.2) is 69.8 Å². The molecule has 3 aromatic rings. The van der Waals surface area contributed by atoms with E-state index in [1.54, 1.807) is 0 Å². The number of hydrogen-bond donors (Lipinski definition) is 3. The number of rotatable bonds is 7. The van der Waals surface area contributed by atoms with Gasteiger partial charge in [-0.2, -0.15) is 0 Å². The molecular formula is C21H18N2O4S2. The van der Waals surface area contributed by atoms with Crippen molar-refractivity contribution in [2.24, 2.45) is 0 Å². The first-order valence-electron chi connectivity index (χ1n) is 8.90. The van der Waals surface area contributed by atoms with Crippen molar-refractivity contribution in [1.29, 1.82) is 0 Å². The molecule has 0 saturated carbocycles. The predicted octanol–water partition coefficient (Wildman–Crippen LogP) is 3.85. The maximum atomic E-state index is 11.9. The second-order valence-electron chi connectivity index (χ2n) is 6.38. The molecule has 0 radical (unpaired) electrons. The van der Waals surface area contributed by atoms with E-state index in [1.165, 1.54) is 23.1 Å². The largest absolute Gasteiger partial charge is 0.489 e. The molecule has 1 atom stereocenters. The Kier molecular flexibility index (Phi) is 5.84. The molecule has 2 aromatic carbocycles. The minimum atomic E-state index is -0.634. The van der Waals surface area contributed by atoms with Gasteiger partial charge in [-0.05, 0) is 46.8 Å². The van der Waals surface area contributed by atoms with E-state index in [0.717, 1.165) is 31.5 Å². The average Bonchev–Trinajstić information content (AvgIpc) is 3.33. The molecular weight excluding hydrogens is 408 g/mol. The highest BCUT2D eigenvalue weighted by molar-refractivity contribution is 7.99. The fourth-order valence-electron chi connectivity index (χ4n) is 2.84. The van der Waals surface area contributed by atoms with Crippen LogP contribution >= 0.6 is 23.1 Å². The zero-order valence-electron chi connectivity index (χ0n) is 15.3. The molecule has 6 nitrogen and oxygen atoms in total. The van der Waals surface area contributed by atoms with Crippen molar-refractivity contribution in [1.82, 2.24) is 10.6 Å². The van der Waals surface area contributed by atoms with Crippen molar-refractivity contribution in [3.63, 3.8) is 0 Å². The zero-order chi connectivity index (χ0) is 20.2. The van der Waals surface area contributed by atoms with Gasteiger partial charge in [0, 0.05) is 9.79 Å². The maximum absolute atomic E-state index is 11.9. The number of benzene rings is 2. The number of carbonyl (C=O) groups excluding carboxylic acids is 2. The van der Waals surface area contributed by atoms with Gasteiger partial charge >= 0.3 is 6.03 Å². The van der Waals surface area contributed by atoms with Crippen LogP contribution in [0.4, 0.5) is 4.79 Å². The van der Waals surface area contributed by atoms with Gasteiger partial charge in [0.25, 0.3) is 5.91 Å². The molecule has 0 aliphatic carbocycles. The van der Waals surface area contributed by atoms with Gasteiger partial charge < -0.3 is 15.2 Å². The van der Waals surface area contributed by atoms with E-state index in [1.807, 2.05) is 60.0 Å². The van der Waals surface area contributed by atoms with Crippen LogP contribution in [0.3, 0.4) is 0 Å². The molecule has 1 aliphatic heterocycles. The second-order valence-corrected chi connectivity index (χ2v) is 8.44. The Labute approximate surface area is 175 Å². The van der Waals surface area contributed by atoms with Crippen molar-refractivity contribution in [3.8, 4) is 5.75 Å². The predicted molar refractivity (Wildman–Crippen MR) is 111 cm³/mol. The van der Waals surface area contributed by atoms with Crippen molar-refractivity contribution < 1.29 is 19.4 Å². The second kappa shape index (κ2) is 8.69. The van der Waals surface area contributed by atoms with Gasteiger partial charge in [-0.1, -0.05) is 36.0 Å². The lowest BCUT2D eigenvalue weighted by atomic mass is 10.1. The molecule has 3 amide bonds. The number of carbonyl (C=O) groups is 2. The number of amides is 3. The molecule has 1 aliphatic rings. The van der Waals surface area contributed by atoms with E-state index in [4.69, 9.17) is 9.84 Å². The number of ether oxygens (including phenoxy) is 1. The molecule has 1 unspecified atom stereocenters. The highest BCUT2D eigenvalue weighted by Gasteiger charge is 2.33. The van der Waals surface area contributed by atoms with Crippen LogP contribution in [0.2, 0.25) is 0 Å². The molecule has 1 saturated heterocycles. The van der Waals surface area contributed by atoms with Crippen molar-refractivity contribution in [3.05, 3.63) is 76.0 Å². The Bertz CT molecular complexity index is 1020. The molecule has 29 heavy (non-hydrogen) atoms. The third-order valence-electron chi connectivity index (χ3n) is 4.36. The number of aliphatic hydroxyl groups is 1. The first-order chi connectivity index (χ1) is 14.1. The summed E-state index contributed by atoms with van der Waals surface area (Å²) < 4.78 is 5.82. The molecule has 0 spiro atoms. The number of urea groups is 1. The van der Waals surface area contributed by atoms with Crippen molar-refractivity contribution in [2.75, 3.05) is 0 Å². The Morgan fingerprint density at radius 2 is 1.72 bits per heavy atom. The molecule has 3 N–H and O–H groups in total. The maximum Gasteiger partial charge on any atom is 0.322 e. The van der Waals surface area contributed by atoms with Gasteiger partial charge in [0.05, 0.1) is 11.5 Å². The van der Waals surface area contributed by atoms with E-state index in [2.05, 4.69) is 10.6 Å². The Hall–Kier alpha value is -2.81. The van der Waals surface area contributed by atoms with Gasteiger partial charge in [-0.15, -0.1) is 11.3 Å². The molecule has 1 aromatic heterocycles. The van der Waals surface area contributed by atoms with Crippen LogP contribution in [-0.4, -0.2) is 17.0 Å². The molecule has 2 heterocycles. The van der Waals surface area contributed by atoms with E-state index < -0.39 is 12.1 Å². The van der Waals surface area contributed by atoms with Gasteiger partial charge in [-0.3, -0.25) is 10.1 Å². The topological polar surface area (TPSA) is 87.7 Å². The number of hydrogen-bond acceptors (Lipinski definition) is 6. The molecule has 1 fully saturated rings. The third kappa shape index (κ3) is 4.61. The van der Waals surface area contributed by atoms with Gasteiger partial charge in [0.2, 0.25) is 0 Å². The van der Waals surface area contributed by atoms with E-state index in [9.17, 15) is 9.59 Å². The Morgan fingerprint density at radius 1 is 1.00 bits per heavy atom. The lowest BCUT2D eigenvalue weighted by Crippen LogP contribution is -2.22. The molecule has 8 heteroatoms. The Balaban J connectivity index is 1.38. The number of aliphatic hydroxyl groups excluding tert-OH is 1. The van der Waals surface area contributed by atoms with E-state index >= 15 is 0 Å². The number of imide groups is 1. The lowest BCUT2D eigenvalue weighted by molar-refractivity contribution is -0.120. The summed E-state index contributed by atoms with van der Waals surface area (Å²) in [5.74, 6) is 0.434. The summed E-state index contributed by atoms with van der Waals surface area (Å²) in [6, 6.07) is 16.2. The quantitative estimate of drug-likeness (QED) is 0.500. The van der Waals surface area contributed by atoms with Gasteiger partial charge in [0.1, 0.15) is 18.4 Å². The summed E-state index contributed by atoms with van der Waals surface area (Å²) in [6.45, 7) is 0.479. The SMILES string of the molecule is O=C1NC(=O)C(c2sccc2Sc2ccc(OCc3ccc(CO)cc3)cc2)N1. The fraction of sp³-hybridized carbons (Fsp3) is 0.143. The fourth-order valence-corrected chi connectivity index (χ4v) is 4.92. The van der Waals surface area contributed by atoms with Crippen molar-refractivity contribution >= 4 is 35.0 Å². The zero-order valence-corrected chi connectivity index (χ0v) is 16.9. The van der Waals surface area contributed by atoms with Crippen LogP contribution in [-0.2, 0) is 18.0 Å². The third-order valence-corrected chi connectivity index (χ3v) is 6.55. The monoisotopic (exact) mass is 426 g/mol. The van der Waals surface area contributed by atoms with Crippen LogP contribution < -0.4 is 15.4 Å². The summed E-state index contributed by atoms with van der Waals surface area (Å²) in [6.07, 6.45) is 0. The normalized spacial score (nSPS) is 15.8. The highest BCUT2D eigenvalue weighted by Crippen LogP contribution is 2.38. The molecule has 0 bridgehead atoms. The molecule has 148 valence electrons. The molecule has 4 rings (SSSR count). The van der Waals surface area contributed by atoms with Gasteiger partial charge in [0.15, 0.2) is 0 Å². The smallest absolute Gasteiger partial charge is 0.322 e. The number of thiophene rings is 1. The summed E-state index contributed by atoms with van der Waals surface area (Å²) in [5, 5.41) is 15.9. The summed E-state index contributed by atoms with van der Waals surface area (Å²) in [4.78, 5) is 26.1. The number of nitrogens with one attached hydrogen (secondary N) is 2. The van der Waals surface area contributed by atoms with Crippen LogP contribution in [0.5, 0.6) is 5.75 Å². The van der Waals surface area contributed by atoms with Crippen LogP contribution in [0.25, 0.3) is 0 Å². The minimum Gasteiger partial charge on any atom is -0.489 e. The summed E-state index contributed by atoms with van der Waals surface area (Å²) in [7, 11) is 0. The van der Waals surface area contributed by atoms with Crippen LogP contribution in [0, 0.1) is 0 Å². The van der Waals surface area contributed by atoms with E-state index in [0.29, 0.717) is 6.61 Å². The first kappa shape index (κ1) is 19.5.